The van der Waals surface area contributed by atoms with E-state index in [1.807, 2.05) is 36.4 Å². The molecule has 8 aromatic rings. The van der Waals surface area contributed by atoms with E-state index in [0.29, 0.717) is 0 Å². The molecule has 0 spiro atoms. The zero-order valence-electron chi connectivity index (χ0n) is 20.3. The number of para-hydroxylation sites is 1. The van der Waals surface area contributed by atoms with Crippen LogP contribution in [0.2, 0.25) is 0 Å². The number of fused-ring (bicyclic) bond motifs is 9. The van der Waals surface area contributed by atoms with Crippen LogP contribution in [0.25, 0.3) is 76.8 Å². The second-order valence-electron chi connectivity index (χ2n) is 9.70. The van der Waals surface area contributed by atoms with Crippen LogP contribution in [0.4, 0.5) is 0 Å². The normalized spacial score (nSPS) is 11.8. The molecule has 0 aliphatic carbocycles. The number of phenols is 1. The Kier molecular flexibility index (Phi) is 4.38. The van der Waals surface area contributed by atoms with Crippen molar-refractivity contribution >= 4 is 54.4 Å². The first-order valence-electron chi connectivity index (χ1n) is 12.7. The topological polar surface area (TPSA) is 46.3 Å². The smallest absolute Gasteiger partial charge is 0.136 e. The summed E-state index contributed by atoms with van der Waals surface area (Å²) in [6.45, 7) is 0. The molecule has 178 valence electrons. The molecule has 0 saturated heterocycles. The molecule has 0 aliphatic heterocycles. The van der Waals surface area contributed by atoms with Crippen LogP contribution in [0.1, 0.15) is 0 Å². The average molecular weight is 488 g/mol. The van der Waals surface area contributed by atoms with Crippen molar-refractivity contribution in [1.82, 2.24) is 4.98 Å². The third kappa shape index (κ3) is 2.99. The minimum absolute atomic E-state index is 0.241. The van der Waals surface area contributed by atoms with Gasteiger partial charge in [-0.25, -0.2) is 4.98 Å². The molecule has 8 rings (SSSR count). The minimum atomic E-state index is 0.241. The maximum Gasteiger partial charge on any atom is 0.136 e. The molecule has 2 aromatic heterocycles. The Labute approximate surface area is 218 Å². The summed E-state index contributed by atoms with van der Waals surface area (Å²) in [5, 5.41) is 18.7. The second-order valence-corrected chi connectivity index (χ2v) is 9.70. The molecule has 0 saturated carbocycles. The molecule has 0 unspecified atom stereocenters. The Balaban J connectivity index is 1.63. The number of aromatic nitrogens is 1. The van der Waals surface area contributed by atoms with Gasteiger partial charge in [-0.3, -0.25) is 0 Å². The van der Waals surface area contributed by atoms with E-state index >= 15 is 0 Å². The highest BCUT2D eigenvalue weighted by molar-refractivity contribution is 6.32. The number of hydrogen-bond acceptors (Lipinski definition) is 3. The molecule has 38 heavy (non-hydrogen) atoms. The molecule has 2 heterocycles. The standard InChI is InChI=1S/C35H21NO2/c37-29-13-7-6-12-25(29)26-20-28(22-9-2-1-3-10-22)36-27-17-14-23-16-19-31-35(32(23)33(26)27)34-24-11-5-4-8-21(24)15-18-30(34)38-31/h1-20,37H. The highest BCUT2D eigenvalue weighted by Gasteiger charge is 2.20. The van der Waals surface area contributed by atoms with E-state index in [1.165, 1.54) is 5.39 Å². The van der Waals surface area contributed by atoms with E-state index in [9.17, 15) is 5.11 Å². The molecule has 0 radical (unpaired) electrons. The van der Waals surface area contributed by atoms with Crippen molar-refractivity contribution in [2.24, 2.45) is 0 Å². The molecule has 0 aliphatic rings. The summed E-state index contributed by atoms with van der Waals surface area (Å²) in [6.07, 6.45) is 0. The Morgan fingerprint density at radius 1 is 0.526 bits per heavy atom. The zero-order chi connectivity index (χ0) is 25.2. The first-order chi connectivity index (χ1) is 18.8. The van der Waals surface area contributed by atoms with Gasteiger partial charge in [0.05, 0.1) is 11.2 Å². The van der Waals surface area contributed by atoms with Gasteiger partial charge in [0.2, 0.25) is 0 Å². The number of rotatable bonds is 2. The number of phenolic OH excluding ortho intramolecular Hbond substituents is 1. The SMILES string of the molecule is Oc1ccccc1-c1cc(-c2ccccc2)nc2ccc3ccc4oc5ccc6ccccc6c5c4c3c12. The van der Waals surface area contributed by atoms with Crippen molar-refractivity contribution in [2.75, 3.05) is 0 Å². The number of hydrogen-bond donors (Lipinski definition) is 1. The van der Waals surface area contributed by atoms with Crippen LogP contribution >= 0.6 is 0 Å². The number of aromatic hydroxyl groups is 1. The highest BCUT2D eigenvalue weighted by Crippen LogP contribution is 2.45. The molecule has 0 bridgehead atoms. The molecular formula is C35H21NO2. The predicted molar refractivity (Wildman–Crippen MR) is 157 cm³/mol. The van der Waals surface area contributed by atoms with Crippen LogP contribution in [-0.2, 0) is 0 Å². The number of benzene rings is 6. The molecular weight excluding hydrogens is 466 g/mol. The summed E-state index contributed by atoms with van der Waals surface area (Å²) in [5.74, 6) is 0.241. The lowest BCUT2D eigenvalue weighted by Gasteiger charge is -2.14. The van der Waals surface area contributed by atoms with Crippen molar-refractivity contribution in [3.63, 3.8) is 0 Å². The van der Waals surface area contributed by atoms with Gasteiger partial charge in [0.1, 0.15) is 16.9 Å². The Bertz CT molecular complexity index is 2190. The van der Waals surface area contributed by atoms with Gasteiger partial charge in [0.15, 0.2) is 0 Å². The van der Waals surface area contributed by atoms with Gasteiger partial charge < -0.3 is 9.52 Å². The van der Waals surface area contributed by atoms with Crippen LogP contribution in [-0.4, -0.2) is 10.1 Å². The van der Waals surface area contributed by atoms with Gasteiger partial charge >= 0.3 is 0 Å². The fraction of sp³-hybridized carbons (Fsp3) is 0. The number of furan rings is 1. The predicted octanol–water partition coefficient (Wildman–Crippen LogP) is 9.48. The maximum absolute atomic E-state index is 11.0. The van der Waals surface area contributed by atoms with E-state index in [0.717, 1.165) is 71.4 Å². The first-order valence-corrected chi connectivity index (χ1v) is 12.7. The van der Waals surface area contributed by atoms with Crippen LogP contribution in [0.15, 0.2) is 126 Å². The van der Waals surface area contributed by atoms with E-state index in [-0.39, 0.29) is 5.75 Å². The fourth-order valence-electron chi connectivity index (χ4n) is 5.84. The van der Waals surface area contributed by atoms with Crippen molar-refractivity contribution in [2.45, 2.75) is 0 Å². The van der Waals surface area contributed by atoms with Crippen LogP contribution in [0.5, 0.6) is 5.75 Å². The van der Waals surface area contributed by atoms with Crippen molar-refractivity contribution < 1.29 is 9.52 Å². The first kappa shape index (κ1) is 21.0. The van der Waals surface area contributed by atoms with E-state index < -0.39 is 0 Å². The molecule has 3 nitrogen and oxygen atoms in total. The summed E-state index contributed by atoms with van der Waals surface area (Å²) >= 11 is 0. The Morgan fingerprint density at radius 3 is 2.11 bits per heavy atom. The third-order valence-electron chi connectivity index (χ3n) is 7.54. The van der Waals surface area contributed by atoms with E-state index in [1.54, 1.807) is 6.07 Å². The van der Waals surface area contributed by atoms with Gasteiger partial charge in [0, 0.05) is 32.7 Å². The van der Waals surface area contributed by atoms with Gasteiger partial charge in [0.25, 0.3) is 0 Å². The summed E-state index contributed by atoms with van der Waals surface area (Å²) < 4.78 is 6.41. The van der Waals surface area contributed by atoms with Crippen LogP contribution in [0, 0.1) is 0 Å². The summed E-state index contributed by atoms with van der Waals surface area (Å²) in [5.41, 5.74) is 6.19. The number of nitrogens with zero attached hydrogens (tertiary/aromatic N) is 1. The Hall–Kier alpha value is -5.15. The second kappa shape index (κ2) is 7.92. The van der Waals surface area contributed by atoms with Crippen molar-refractivity contribution in [3.05, 3.63) is 121 Å². The Morgan fingerprint density at radius 2 is 1.24 bits per heavy atom. The lowest BCUT2D eigenvalue weighted by atomic mass is 9.91. The van der Waals surface area contributed by atoms with Gasteiger partial charge in [-0.05, 0) is 52.1 Å². The van der Waals surface area contributed by atoms with Crippen molar-refractivity contribution in [3.8, 4) is 28.1 Å². The van der Waals surface area contributed by atoms with E-state index in [4.69, 9.17) is 9.40 Å². The molecule has 3 heteroatoms. The van der Waals surface area contributed by atoms with Gasteiger partial charge in [-0.15, -0.1) is 0 Å². The lowest BCUT2D eigenvalue weighted by molar-refractivity contribution is 0.477. The minimum Gasteiger partial charge on any atom is -0.507 e. The van der Waals surface area contributed by atoms with Gasteiger partial charge in [-0.1, -0.05) is 91.0 Å². The third-order valence-corrected chi connectivity index (χ3v) is 7.54. The highest BCUT2D eigenvalue weighted by atomic mass is 16.3. The van der Waals surface area contributed by atoms with Gasteiger partial charge in [-0.2, -0.15) is 0 Å². The summed E-state index contributed by atoms with van der Waals surface area (Å²) in [4.78, 5) is 5.13. The lowest BCUT2D eigenvalue weighted by Crippen LogP contribution is -1.92. The monoisotopic (exact) mass is 487 g/mol. The summed E-state index contributed by atoms with van der Waals surface area (Å²) in [6, 6.07) is 40.8. The van der Waals surface area contributed by atoms with Crippen molar-refractivity contribution in [1.29, 1.82) is 0 Å². The van der Waals surface area contributed by atoms with Crippen LogP contribution in [0.3, 0.4) is 0 Å². The quantitative estimate of drug-likeness (QED) is 0.247. The number of pyridine rings is 1. The molecule has 1 N–H and O–H groups in total. The molecule has 0 atom stereocenters. The van der Waals surface area contributed by atoms with Crippen LogP contribution < -0.4 is 0 Å². The van der Waals surface area contributed by atoms with E-state index in [2.05, 4.69) is 78.9 Å². The largest absolute Gasteiger partial charge is 0.507 e. The molecule has 6 aromatic carbocycles. The fourth-order valence-corrected chi connectivity index (χ4v) is 5.84. The zero-order valence-corrected chi connectivity index (χ0v) is 20.3. The molecule has 0 amide bonds. The summed E-state index contributed by atoms with van der Waals surface area (Å²) in [7, 11) is 0. The average Bonchev–Trinajstić information content (AvgIpc) is 3.37. The molecule has 0 fully saturated rings. The maximum atomic E-state index is 11.0.